The summed E-state index contributed by atoms with van der Waals surface area (Å²) in [5.41, 5.74) is 9.99. The van der Waals surface area contributed by atoms with Crippen molar-refractivity contribution >= 4 is 28.8 Å². The van der Waals surface area contributed by atoms with Crippen molar-refractivity contribution in [3.05, 3.63) is 119 Å². The fourth-order valence-corrected chi connectivity index (χ4v) is 4.52. The van der Waals surface area contributed by atoms with E-state index in [4.69, 9.17) is 4.98 Å². The summed E-state index contributed by atoms with van der Waals surface area (Å²) in [4.78, 5) is 29.8. The van der Waals surface area contributed by atoms with Crippen LogP contribution < -0.4 is 5.43 Å². The Kier molecular flexibility index (Phi) is 6.47. The van der Waals surface area contributed by atoms with Gasteiger partial charge in [0.05, 0.1) is 23.0 Å². The number of rotatable bonds is 6. The van der Waals surface area contributed by atoms with E-state index in [1.54, 1.807) is 19.2 Å². The first-order valence-corrected chi connectivity index (χ1v) is 12.0. The summed E-state index contributed by atoms with van der Waals surface area (Å²) in [5, 5.41) is 5.03. The Morgan fingerprint density at radius 1 is 0.892 bits per heavy atom. The second kappa shape index (κ2) is 10.0. The molecule has 37 heavy (non-hydrogen) atoms. The smallest absolute Gasteiger partial charge is 0.272 e. The summed E-state index contributed by atoms with van der Waals surface area (Å²) in [7, 11) is 0. The highest BCUT2D eigenvalue weighted by Crippen LogP contribution is 2.25. The largest absolute Gasteiger partial charge is 0.318 e. The van der Waals surface area contributed by atoms with Gasteiger partial charge < -0.3 is 4.57 Å². The molecule has 2 heterocycles. The molecule has 6 heteroatoms. The number of nitrogens with one attached hydrogen (secondary N) is 1. The molecule has 0 atom stereocenters. The lowest BCUT2D eigenvalue weighted by atomic mass is 10.0. The Labute approximate surface area is 215 Å². The number of ketones is 1. The highest BCUT2D eigenvalue weighted by atomic mass is 16.2. The summed E-state index contributed by atoms with van der Waals surface area (Å²) in [6, 6.07) is 28.7. The number of para-hydroxylation sites is 1. The Morgan fingerprint density at radius 2 is 1.65 bits per heavy atom. The van der Waals surface area contributed by atoms with Gasteiger partial charge in [-0.2, -0.15) is 5.10 Å². The third-order valence-electron chi connectivity index (χ3n) is 6.38. The van der Waals surface area contributed by atoms with E-state index in [9.17, 15) is 9.59 Å². The lowest BCUT2D eigenvalue weighted by Gasteiger charge is -2.10. The van der Waals surface area contributed by atoms with Crippen LogP contribution in [0.25, 0.3) is 27.8 Å². The number of pyridine rings is 1. The van der Waals surface area contributed by atoms with E-state index in [1.807, 2.05) is 98.8 Å². The SMILES string of the molecule is CC(=O)c1cccc(-n2c(C)cc(/C=N/NC(=O)c3cc(-c4ccccc4)nc4ccccc34)c2C)c1. The number of hydrazone groups is 1. The van der Waals surface area contributed by atoms with Crippen LogP contribution in [0.4, 0.5) is 0 Å². The molecule has 0 aliphatic carbocycles. The van der Waals surface area contributed by atoms with Crippen molar-refractivity contribution in [1.82, 2.24) is 15.0 Å². The molecule has 1 N–H and O–H groups in total. The molecule has 0 aliphatic heterocycles. The van der Waals surface area contributed by atoms with Crippen LogP contribution in [-0.2, 0) is 0 Å². The van der Waals surface area contributed by atoms with E-state index >= 15 is 0 Å². The van der Waals surface area contributed by atoms with Crippen molar-refractivity contribution in [3.63, 3.8) is 0 Å². The predicted molar refractivity (Wildman–Crippen MR) is 147 cm³/mol. The Hall–Kier alpha value is -4.84. The van der Waals surface area contributed by atoms with E-state index in [-0.39, 0.29) is 11.7 Å². The maximum Gasteiger partial charge on any atom is 0.272 e. The predicted octanol–water partition coefficient (Wildman–Crippen LogP) is 6.28. The first-order valence-electron chi connectivity index (χ1n) is 12.0. The van der Waals surface area contributed by atoms with Gasteiger partial charge >= 0.3 is 0 Å². The second-order valence-corrected chi connectivity index (χ2v) is 8.91. The number of benzene rings is 3. The van der Waals surface area contributed by atoms with E-state index in [0.717, 1.165) is 44.8 Å². The number of Topliss-reactive ketones (excluding diaryl/α,β-unsaturated/α-hetero) is 1. The van der Waals surface area contributed by atoms with Crippen molar-refractivity contribution in [3.8, 4) is 16.9 Å². The number of fused-ring (bicyclic) bond motifs is 1. The summed E-state index contributed by atoms with van der Waals surface area (Å²) < 4.78 is 2.07. The van der Waals surface area contributed by atoms with Gasteiger partial charge in [0.15, 0.2) is 5.78 Å². The van der Waals surface area contributed by atoms with Crippen molar-refractivity contribution in [1.29, 1.82) is 0 Å². The molecule has 0 fully saturated rings. The zero-order valence-electron chi connectivity index (χ0n) is 20.9. The molecule has 2 aromatic heterocycles. The van der Waals surface area contributed by atoms with Crippen molar-refractivity contribution in [2.24, 2.45) is 5.10 Å². The van der Waals surface area contributed by atoms with Gasteiger partial charge in [-0.1, -0.05) is 60.7 Å². The molecule has 3 aromatic carbocycles. The van der Waals surface area contributed by atoms with Gasteiger partial charge in [-0.05, 0) is 51.1 Å². The lowest BCUT2D eigenvalue weighted by molar-refractivity contribution is 0.0955. The first kappa shape index (κ1) is 23.9. The monoisotopic (exact) mass is 486 g/mol. The molecule has 0 radical (unpaired) electrons. The molecule has 5 aromatic rings. The van der Waals surface area contributed by atoms with Crippen LogP contribution in [-0.4, -0.2) is 27.5 Å². The van der Waals surface area contributed by atoms with Gasteiger partial charge in [0.2, 0.25) is 0 Å². The minimum atomic E-state index is -0.310. The number of nitrogens with zero attached hydrogens (tertiary/aromatic N) is 3. The minimum absolute atomic E-state index is 0.0212. The lowest BCUT2D eigenvalue weighted by Crippen LogP contribution is -2.18. The number of hydrogen-bond donors (Lipinski definition) is 1. The topological polar surface area (TPSA) is 76.3 Å². The van der Waals surface area contributed by atoms with Gasteiger partial charge in [-0.3, -0.25) is 9.59 Å². The normalized spacial score (nSPS) is 11.2. The highest BCUT2D eigenvalue weighted by Gasteiger charge is 2.14. The third kappa shape index (κ3) is 4.82. The fourth-order valence-electron chi connectivity index (χ4n) is 4.52. The molecule has 6 nitrogen and oxygen atoms in total. The average molecular weight is 487 g/mol. The Bertz CT molecular complexity index is 1670. The maximum atomic E-state index is 13.2. The molecule has 5 rings (SSSR count). The molecular weight excluding hydrogens is 460 g/mol. The third-order valence-corrected chi connectivity index (χ3v) is 6.38. The number of aryl methyl sites for hydroxylation is 1. The van der Waals surface area contributed by atoms with E-state index in [1.165, 1.54) is 0 Å². The number of hydrogen-bond acceptors (Lipinski definition) is 4. The molecule has 0 spiro atoms. The Morgan fingerprint density at radius 3 is 2.43 bits per heavy atom. The molecule has 182 valence electrons. The first-order chi connectivity index (χ1) is 17.9. The number of amides is 1. The molecule has 1 amide bonds. The van der Waals surface area contributed by atoms with Crippen LogP contribution in [0.1, 0.15) is 44.6 Å². The zero-order chi connectivity index (χ0) is 25.9. The summed E-state index contributed by atoms with van der Waals surface area (Å²) >= 11 is 0. The minimum Gasteiger partial charge on any atom is -0.318 e. The van der Waals surface area contributed by atoms with Crippen molar-refractivity contribution in [2.75, 3.05) is 0 Å². The highest BCUT2D eigenvalue weighted by molar-refractivity contribution is 6.07. The van der Waals surface area contributed by atoms with Crippen LogP contribution in [0, 0.1) is 13.8 Å². The molecule has 0 unspecified atom stereocenters. The van der Waals surface area contributed by atoms with E-state index in [0.29, 0.717) is 11.1 Å². The molecule has 0 saturated carbocycles. The summed E-state index contributed by atoms with van der Waals surface area (Å²) in [6.45, 7) is 5.54. The quantitative estimate of drug-likeness (QED) is 0.174. The van der Waals surface area contributed by atoms with Gasteiger partial charge in [0, 0.05) is 39.2 Å². The van der Waals surface area contributed by atoms with E-state index in [2.05, 4.69) is 15.1 Å². The fraction of sp³-hybridized carbons (Fsp3) is 0.0968. The standard InChI is InChI=1S/C31H26N4O2/c1-20-16-25(21(2)35(20)26-13-9-12-24(17-26)22(3)36)19-32-34-31(37)28-18-30(23-10-5-4-6-11-23)33-29-15-8-7-14-27(28)29/h4-19H,1-3H3,(H,34,37)/b32-19+. The zero-order valence-corrected chi connectivity index (χ0v) is 20.9. The van der Waals surface area contributed by atoms with Crippen LogP contribution in [0.5, 0.6) is 0 Å². The van der Waals surface area contributed by atoms with Crippen LogP contribution in [0.3, 0.4) is 0 Å². The van der Waals surface area contributed by atoms with Crippen LogP contribution >= 0.6 is 0 Å². The summed E-state index contributed by atoms with van der Waals surface area (Å²) in [5.74, 6) is -0.289. The number of carbonyl (C=O) groups excluding carboxylic acids is 2. The average Bonchev–Trinajstić information content (AvgIpc) is 3.20. The van der Waals surface area contributed by atoms with Crippen molar-refractivity contribution < 1.29 is 9.59 Å². The Balaban J connectivity index is 1.43. The van der Waals surface area contributed by atoms with Crippen LogP contribution in [0.15, 0.2) is 96.1 Å². The number of aromatic nitrogens is 2. The van der Waals surface area contributed by atoms with Crippen molar-refractivity contribution in [2.45, 2.75) is 20.8 Å². The van der Waals surface area contributed by atoms with Gasteiger partial charge in [-0.15, -0.1) is 0 Å². The molecule has 0 bridgehead atoms. The van der Waals surface area contributed by atoms with Gasteiger partial charge in [0.25, 0.3) is 5.91 Å². The van der Waals surface area contributed by atoms with Crippen LogP contribution in [0.2, 0.25) is 0 Å². The van der Waals surface area contributed by atoms with Gasteiger partial charge in [0.1, 0.15) is 0 Å². The molecular formula is C31H26N4O2. The maximum absolute atomic E-state index is 13.2. The molecule has 0 saturated heterocycles. The molecule has 0 aliphatic rings. The van der Waals surface area contributed by atoms with Gasteiger partial charge in [-0.25, -0.2) is 10.4 Å². The summed E-state index contributed by atoms with van der Waals surface area (Å²) in [6.07, 6.45) is 1.65. The second-order valence-electron chi connectivity index (χ2n) is 8.91. The number of carbonyl (C=O) groups is 2. The van der Waals surface area contributed by atoms with E-state index < -0.39 is 0 Å².